The van der Waals surface area contributed by atoms with Crippen molar-refractivity contribution < 1.29 is 9.59 Å². The molecule has 1 fully saturated rings. The molecule has 2 amide bonds. The number of rotatable bonds is 9. The molecule has 1 saturated carbocycles. The molecule has 0 atom stereocenters. The van der Waals surface area contributed by atoms with E-state index in [-0.39, 0.29) is 24.2 Å². The van der Waals surface area contributed by atoms with Crippen LogP contribution in [0.2, 0.25) is 0 Å². The van der Waals surface area contributed by atoms with Crippen LogP contribution in [0, 0.1) is 12.8 Å². The van der Waals surface area contributed by atoms with Gasteiger partial charge >= 0.3 is 0 Å². The lowest BCUT2D eigenvalue weighted by Crippen LogP contribution is -2.41. The number of carbonyl (C=O) groups excluding carboxylic acids is 2. The van der Waals surface area contributed by atoms with E-state index in [2.05, 4.69) is 22.4 Å². The summed E-state index contributed by atoms with van der Waals surface area (Å²) in [6.45, 7) is 5.34. The number of hydrogen-bond acceptors (Lipinski definition) is 5. The van der Waals surface area contributed by atoms with Gasteiger partial charge in [-0.05, 0) is 26.2 Å². The molecule has 3 rings (SSSR count). The highest BCUT2D eigenvalue weighted by molar-refractivity contribution is 7.18. The lowest BCUT2D eigenvalue weighted by Gasteiger charge is -2.31. The minimum absolute atomic E-state index is 0.130. The van der Waals surface area contributed by atoms with Gasteiger partial charge in [0.1, 0.15) is 5.01 Å². The van der Waals surface area contributed by atoms with Crippen LogP contribution in [0.25, 0.3) is 10.6 Å². The summed E-state index contributed by atoms with van der Waals surface area (Å²) in [5.74, 6) is 0.250. The number of unbranched alkanes of at least 4 members (excludes halogenated alkanes) is 1. The van der Waals surface area contributed by atoms with Gasteiger partial charge in [0, 0.05) is 31.0 Å². The van der Waals surface area contributed by atoms with Gasteiger partial charge in [-0.3, -0.25) is 9.59 Å². The van der Waals surface area contributed by atoms with E-state index in [0.717, 1.165) is 49.2 Å². The molecule has 28 heavy (non-hydrogen) atoms. The van der Waals surface area contributed by atoms with Gasteiger partial charge in [-0.2, -0.15) is 0 Å². The van der Waals surface area contributed by atoms with Crippen LogP contribution in [0.15, 0.2) is 24.3 Å². The van der Waals surface area contributed by atoms with Gasteiger partial charge < -0.3 is 10.2 Å². The molecule has 150 valence electrons. The highest BCUT2D eigenvalue weighted by atomic mass is 32.1. The van der Waals surface area contributed by atoms with E-state index >= 15 is 0 Å². The van der Waals surface area contributed by atoms with Crippen molar-refractivity contribution >= 4 is 28.3 Å². The predicted molar refractivity (Wildman–Crippen MR) is 112 cm³/mol. The van der Waals surface area contributed by atoms with Crippen LogP contribution in [0.3, 0.4) is 0 Å². The second kappa shape index (κ2) is 9.78. The molecule has 1 aliphatic rings. The van der Waals surface area contributed by atoms with E-state index in [1.165, 1.54) is 16.9 Å². The Labute approximate surface area is 170 Å². The van der Waals surface area contributed by atoms with Crippen LogP contribution in [0.1, 0.15) is 51.0 Å². The third kappa shape index (κ3) is 5.38. The first-order valence-electron chi connectivity index (χ1n) is 10.1. The summed E-state index contributed by atoms with van der Waals surface area (Å²) in [4.78, 5) is 26.8. The lowest BCUT2D eigenvalue weighted by atomic mass is 9.84. The molecule has 0 spiro atoms. The zero-order valence-corrected chi connectivity index (χ0v) is 17.4. The molecule has 1 aromatic carbocycles. The van der Waals surface area contributed by atoms with Crippen molar-refractivity contribution in [2.75, 3.05) is 18.4 Å². The Balaban J connectivity index is 1.52. The topological polar surface area (TPSA) is 75.2 Å². The van der Waals surface area contributed by atoms with Gasteiger partial charge in [0.05, 0.1) is 0 Å². The lowest BCUT2D eigenvalue weighted by molar-refractivity contribution is -0.138. The van der Waals surface area contributed by atoms with Crippen molar-refractivity contribution in [1.29, 1.82) is 0 Å². The summed E-state index contributed by atoms with van der Waals surface area (Å²) in [5, 5.41) is 12.3. The number of aromatic nitrogens is 2. The summed E-state index contributed by atoms with van der Waals surface area (Å²) in [7, 11) is 0. The van der Waals surface area contributed by atoms with Crippen LogP contribution in [0.4, 0.5) is 5.13 Å². The van der Waals surface area contributed by atoms with Crippen LogP contribution < -0.4 is 5.32 Å². The third-order valence-corrected chi connectivity index (χ3v) is 6.01. The first-order chi connectivity index (χ1) is 13.6. The zero-order chi connectivity index (χ0) is 19.9. The first-order valence-corrected chi connectivity index (χ1v) is 10.9. The maximum atomic E-state index is 12.6. The Bertz CT molecular complexity index is 799. The Morgan fingerprint density at radius 3 is 2.57 bits per heavy atom. The molecule has 2 aromatic rings. The van der Waals surface area contributed by atoms with E-state index in [1.807, 2.05) is 36.1 Å². The monoisotopic (exact) mass is 400 g/mol. The molecule has 0 aliphatic heterocycles. The fourth-order valence-corrected chi connectivity index (χ4v) is 3.86. The molecule has 0 bridgehead atoms. The number of hydrogen-bond donors (Lipinski definition) is 1. The van der Waals surface area contributed by atoms with Gasteiger partial charge in [0.25, 0.3) is 0 Å². The number of nitrogens with one attached hydrogen (secondary N) is 1. The van der Waals surface area contributed by atoms with E-state index in [4.69, 9.17) is 0 Å². The first kappa shape index (κ1) is 20.5. The highest BCUT2D eigenvalue weighted by Gasteiger charge is 2.29. The van der Waals surface area contributed by atoms with Gasteiger partial charge in [0.15, 0.2) is 0 Å². The largest absolute Gasteiger partial charge is 0.342 e. The summed E-state index contributed by atoms with van der Waals surface area (Å²) in [5.41, 5.74) is 2.17. The summed E-state index contributed by atoms with van der Waals surface area (Å²) >= 11 is 1.36. The van der Waals surface area contributed by atoms with Gasteiger partial charge in [-0.15, -0.1) is 10.2 Å². The Hall–Kier alpha value is -2.28. The number of amides is 2. The van der Waals surface area contributed by atoms with Crippen LogP contribution >= 0.6 is 11.3 Å². The molecule has 0 radical (unpaired) electrons. The molecule has 1 N–H and O–H groups in total. The number of carbonyl (C=O) groups is 2. The minimum Gasteiger partial charge on any atom is -0.342 e. The Morgan fingerprint density at radius 1 is 1.18 bits per heavy atom. The average molecular weight is 401 g/mol. The standard InChI is InChI=1S/C21H28N4O2S/c1-3-4-13-25(20(27)17-6-5-7-17)14-12-18(26)22-21-24-23-19(28-21)16-10-8-15(2)9-11-16/h8-11,17H,3-7,12-14H2,1-2H3,(H,22,24,26). The SMILES string of the molecule is CCCCN(CCC(=O)Nc1nnc(-c2ccc(C)cc2)s1)C(=O)C1CCC1. The smallest absolute Gasteiger partial charge is 0.227 e. The fourth-order valence-electron chi connectivity index (χ4n) is 3.10. The van der Waals surface area contributed by atoms with E-state index < -0.39 is 0 Å². The van der Waals surface area contributed by atoms with E-state index in [1.54, 1.807) is 0 Å². The van der Waals surface area contributed by atoms with E-state index in [0.29, 0.717) is 11.7 Å². The average Bonchev–Trinajstić information content (AvgIpc) is 3.09. The number of nitrogens with zero attached hydrogens (tertiary/aromatic N) is 3. The third-order valence-electron chi connectivity index (χ3n) is 5.13. The van der Waals surface area contributed by atoms with Crippen molar-refractivity contribution in [1.82, 2.24) is 15.1 Å². The normalized spacial score (nSPS) is 13.8. The Kier molecular flexibility index (Phi) is 7.14. The minimum atomic E-state index is -0.130. The molecular formula is C21H28N4O2S. The molecule has 6 nitrogen and oxygen atoms in total. The van der Waals surface area contributed by atoms with Crippen LogP contribution in [-0.4, -0.2) is 40.0 Å². The number of aryl methyl sites for hydroxylation is 1. The number of anilines is 1. The molecule has 1 aliphatic carbocycles. The van der Waals surface area contributed by atoms with E-state index in [9.17, 15) is 9.59 Å². The quantitative estimate of drug-likeness (QED) is 0.682. The maximum absolute atomic E-state index is 12.6. The molecule has 0 saturated heterocycles. The van der Waals surface area contributed by atoms with Gasteiger partial charge in [0.2, 0.25) is 16.9 Å². The second-order valence-corrected chi connectivity index (χ2v) is 8.36. The molecule has 1 aromatic heterocycles. The van der Waals surface area contributed by atoms with Crippen LogP contribution in [-0.2, 0) is 9.59 Å². The second-order valence-electron chi connectivity index (χ2n) is 7.38. The molecule has 1 heterocycles. The Morgan fingerprint density at radius 2 is 1.93 bits per heavy atom. The molecular weight excluding hydrogens is 372 g/mol. The van der Waals surface area contributed by atoms with Gasteiger partial charge in [-0.1, -0.05) is 60.9 Å². The van der Waals surface area contributed by atoms with Crippen LogP contribution in [0.5, 0.6) is 0 Å². The van der Waals surface area contributed by atoms with Crippen molar-refractivity contribution in [2.24, 2.45) is 5.92 Å². The maximum Gasteiger partial charge on any atom is 0.227 e. The van der Waals surface area contributed by atoms with Crippen molar-refractivity contribution in [3.8, 4) is 10.6 Å². The van der Waals surface area contributed by atoms with Crippen molar-refractivity contribution in [3.05, 3.63) is 29.8 Å². The highest BCUT2D eigenvalue weighted by Crippen LogP contribution is 2.29. The number of benzene rings is 1. The summed E-state index contributed by atoms with van der Waals surface area (Å²) in [6, 6.07) is 8.05. The van der Waals surface area contributed by atoms with Crippen molar-refractivity contribution in [3.63, 3.8) is 0 Å². The van der Waals surface area contributed by atoms with Gasteiger partial charge in [-0.25, -0.2) is 0 Å². The zero-order valence-electron chi connectivity index (χ0n) is 16.6. The predicted octanol–water partition coefficient (Wildman–Crippen LogP) is 4.27. The molecule has 0 unspecified atom stereocenters. The van der Waals surface area contributed by atoms with Crippen molar-refractivity contribution in [2.45, 2.75) is 52.4 Å². The summed E-state index contributed by atoms with van der Waals surface area (Å²) in [6.07, 6.45) is 5.39. The summed E-state index contributed by atoms with van der Waals surface area (Å²) < 4.78 is 0. The fraction of sp³-hybridized carbons (Fsp3) is 0.524. The molecule has 7 heteroatoms.